The lowest BCUT2D eigenvalue weighted by atomic mass is 10.1. The first-order chi connectivity index (χ1) is 14.0. The fourth-order valence-corrected chi connectivity index (χ4v) is 3.73. The lowest BCUT2D eigenvalue weighted by Crippen LogP contribution is -2.40. The molecule has 2 aliphatic rings. The minimum atomic E-state index is -0.232. The van der Waals surface area contributed by atoms with Crippen molar-refractivity contribution in [2.75, 3.05) is 13.2 Å². The van der Waals surface area contributed by atoms with Crippen molar-refractivity contribution in [2.45, 2.75) is 46.4 Å². The quantitative estimate of drug-likeness (QED) is 0.806. The summed E-state index contributed by atoms with van der Waals surface area (Å²) in [6.07, 6.45) is 0.917. The molecule has 0 fully saturated rings. The number of hydrogen-bond donors (Lipinski definition) is 2. The van der Waals surface area contributed by atoms with Crippen LogP contribution >= 0.6 is 0 Å². The number of nitrogens with one attached hydrogen (secondary N) is 2. The van der Waals surface area contributed by atoms with Gasteiger partial charge in [-0.05, 0) is 23.3 Å². The average Bonchev–Trinajstić information content (AvgIpc) is 3.35. The van der Waals surface area contributed by atoms with Crippen LogP contribution in [0, 0.1) is 5.92 Å². The van der Waals surface area contributed by atoms with Gasteiger partial charge in [0.1, 0.15) is 5.75 Å². The molecule has 0 saturated heterocycles. The number of urea groups is 1. The van der Waals surface area contributed by atoms with Gasteiger partial charge in [0.15, 0.2) is 0 Å². The van der Waals surface area contributed by atoms with Crippen LogP contribution in [0.4, 0.5) is 4.79 Å². The van der Waals surface area contributed by atoms with Crippen molar-refractivity contribution in [3.63, 3.8) is 0 Å². The van der Waals surface area contributed by atoms with Gasteiger partial charge in [0.2, 0.25) is 5.91 Å². The average molecular weight is 397 g/mol. The zero-order valence-corrected chi connectivity index (χ0v) is 16.9. The predicted octanol–water partition coefficient (Wildman–Crippen LogP) is 1.82. The van der Waals surface area contributed by atoms with E-state index in [2.05, 4.69) is 21.8 Å². The summed E-state index contributed by atoms with van der Waals surface area (Å²) in [5.41, 5.74) is 4.04. The molecule has 2 aliphatic heterocycles. The van der Waals surface area contributed by atoms with Crippen LogP contribution in [0.2, 0.25) is 0 Å². The fourth-order valence-electron chi connectivity index (χ4n) is 3.73. The molecule has 29 heavy (non-hydrogen) atoms. The van der Waals surface area contributed by atoms with Gasteiger partial charge in [-0.3, -0.25) is 9.48 Å². The summed E-state index contributed by atoms with van der Waals surface area (Å²) >= 11 is 0. The first kappa shape index (κ1) is 19.3. The predicted molar refractivity (Wildman–Crippen MR) is 107 cm³/mol. The van der Waals surface area contributed by atoms with Gasteiger partial charge in [0.25, 0.3) is 0 Å². The van der Waals surface area contributed by atoms with Crippen LogP contribution < -0.4 is 15.4 Å². The topological polar surface area (TPSA) is 88.5 Å². The molecule has 1 aromatic carbocycles. The molecule has 0 aliphatic carbocycles. The SMILES string of the molecule is CC(C)C(=O)N1CCn2nc(CNC(=O)NCc3ccc4c(c3)CCO4)cc2C1. The van der Waals surface area contributed by atoms with Gasteiger partial charge in [-0.25, -0.2) is 4.79 Å². The van der Waals surface area contributed by atoms with E-state index in [-0.39, 0.29) is 17.9 Å². The van der Waals surface area contributed by atoms with Gasteiger partial charge in [-0.15, -0.1) is 0 Å². The van der Waals surface area contributed by atoms with Gasteiger partial charge in [-0.1, -0.05) is 26.0 Å². The third kappa shape index (κ3) is 4.36. The maximum absolute atomic E-state index is 12.2. The van der Waals surface area contributed by atoms with E-state index < -0.39 is 0 Å². The van der Waals surface area contributed by atoms with Crippen molar-refractivity contribution < 1.29 is 14.3 Å². The van der Waals surface area contributed by atoms with Crippen molar-refractivity contribution in [1.82, 2.24) is 25.3 Å². The smallest absolute Gasteiger partial charge is 0.315 e. The van der Waals surface area contributed by atoms with Crippen molar-refractivity contribution in [1.29, 1.82) is 0 Å². The van der Waals surface area contributed by atoms with Crippen LogP contribution in [0.3, 0.4) is 0 Å². The zero-order valence-electron chi connectivity index (χ0n) is 16.9. The molecular weight excluding hydrogens is 370 g/mol. The monoisotopic (exact) mass is 397 g/mol. The second-order valence-corrected chi connectivity index (χ2v) is 7.84. The summed E-state index contributed by atoms with van der Waals surface area (Å²) < 4.78 is 7.42. The molecule has 8 nitrogen and oxygen atoms in total. The van der Waals surface area contributed by atoms with E-state index in [4.69, 9.17) is 4.74 Å². The molecule has 3 heterocycles. The number of fused-ring (bicyclic) bond motifs is 2. The first-order valence-corrected chi connectivity index (χ1v) is 10.1. The second-order valence-electron chi connectivity index (χ2n) is 7.84. The maximum atomic E-state index is 12.2. The largest absolute Gasteiger partial charge is 0.493 e. The van der Waals surface area contributed by atoms with Crippen LogP contribution in [-0.4, -0.2) is 39.8 Å². The lowest BCUT2D eigenvalue weighted by molar-refractivity contribution is -0.136. The maximum Gasteiger partial charge on any atom is 0.315 e. The van der Waals surface area contributed by atoms with E-state index in [1.165, 1.54) is 5.56 Å². The van der Waals surface area contributed by atoms with Gasteiger partial charge < -0.3 is 20.3 Å². The van der Waals surface area contributed by atoms with Crippen LogP contribution in [0.25, 0.3) is 0 Å². The van der Waals surface area contributed by atoms with Gasteiger partial charge in [0, 0.05) is 25.4 Å². The molecule has 0 bridgehead atoms. The Morgan fingerprint density at radius 3 is 2.83 bits per heavy atom. The third-order valence-electron chi connectivity index (χ3n) is 5.29. The van der Waals surface area contributed by atoms with Gasteiger partial charge >= 0.3 is 6.03 Å². The molecule has 0 radical (unpaired) electrons. The van der Waals surface area contributed by atoms with E-state index >= 15 is 0 Å². The molecule has 1 aromatic heterocycles. The van der Waals surface area contributed by atoms with Crippen molar-refractivity contribution >= 4 is 11.9 Å². The van der Waals surface area contributed by atoms with Gasteiger partial charge in [0.05, 0.1) is 37.6 Å². The Hall–Kier alpha value is -3.03. The van der Waals surface area contributed by atoms with Gasteiger partial charge in [-0.2, -0.15) is 5.10 Å². The molecule has 0 saturated carbocycles. The number of rotatable bonds is 5. The summed E-state index contributed by atoms with van der Waals surface area (Å²) in [5, 5.41) is 10.3. The molecule has 0 unspecified atom stereocenters. The molecule has 2 N–H and O–H groups in total. The van der Waals surface area contributed by atoms with Crippen molar-refractivity contribution in [3.05, 3.63) is 46.8 Å². The highest BCUT2D eigenvalue weighted by Gasteiger charge is 2.23. The molecular formula is C21H27N5O3. The fraction of sp³-hybridized carbons (Fsp3) is 0.476. The number of ether oxygens (including phenoxy) is 1. The Labute approximate surface area is 170 Å². The first-order valence-electron chi connectivity index (χ1n) is 10.1. The van der Waals surface area contributed by atoms with Crippen LogP contribution in [-0.2, 0) is 37.4 Å². The van der Waals surface area contributed by atoms with Crippen LogP contribution in [0.1, 0.15) is 36.4 Å². The number of aromatic nitrogens is 2. The molecule has 0 atom stereocenters. The summed E-state index contributed by atoms with van der Waals surface area (Å²) in [6, 6.07) is 7.74. The molecule has 154 valence electrons. The highest BCUT2D eigenvalue weighted by molar-refractivity contribution is 5.78. The van der Waals surface area contributed by atoms with E-state index in [0.29, 0.717) is 32.7 Å². The number of hydrogen-bond acceptors (Lipinski definition) is 4. The number of nitrogens with zero attached hydrogens (tertiary/aromatic N) is 3. The molecule has 8 heteroatoms. The molecule has 4 rings (SSSR count). The highest BCUT2D eigenvalue weighted by Crippen LogP contribution is 2.25. The Kier molecular flexibility index (Phi) is 5.42. The van der Waals surface area contributed by atoms with Crippen LogP contribution in [0.5, 0.6) is 5.75 Å². The van der Waals surface area contributed by atoms with Crippen molar-refractivity contribution in [3.8, 4) is 5.75 Å². The summed E-state index contributed by atoms with van der Waals surface area (Å²) in [7, 11) is 0. The van der Waals surface area contributed by atoms with E-state index in [1.807, 2.05) is 41.6 Å². The normalized spacial score (nSPS) is 14.9. The minimum absolute atomic E-state index is 0.00694. The van der Waals surface area contributed by atoms with Crippen molar-refractivity contribution in [2.24, 2.45) is 5.92 Å². The highest BCUT2D eigenvalue weighted by atomic mass is 16.5. The number of amides is 3. The Morgan fingerprint density at radius 1 is 1.17 bits per heavy atom. The summed E-state index contributed by atoms with van der Waals surface area (Å²) in [5.74, 6) is 1.10. The number of carbonyl (C=O) groups is 2. The molecule has 2 aromatic rings. The van der Waals surface area contributed by atoms with E-state index in [9.17, 15) is 9.59 Å². The second kappa shape index (κ2) is 8.14. The Bertz CT molecular complexity index is 921. The molecule has 0 spiro atoms. The summed E-state index contributed by atoms with van der Waals surface area (Å²) in [6.45, 7) is 7.29. The number of carbonyl (C=O) groups excluding carboxylic acids is 2. The van der Waals surface area contributed by atoms with E-state index in [1.54, 1.807) is 0 Å². The summed E-state index contributed by atoms with van der Waals surface area (Å²) in [4.78, 5) is 26.2. The Morgan fingerprint density at radius 2 is 2.00 bits per heavy atom. The van der Waals surface area contributed by atoms with Crippen LogP contribution in [0.15, 0.2) is 24.3 Å². The number of benzene rings is 1. The molecule has 3 amide bonds. The Balaban J connectivity index is 1.26. The minimum Gasteiger partial charge on any atom is -0.493 e. The third-order valence-corrected chi connectivity index (χ3v) is 5.29. The zero-order chi connectivity index (χ0) is 20.4. The standard InChI is InChI=1S/C21H27N5O3/c1-14(2)20(27)25-6-7-26-18(13-25)10-17(24-26)12-23-21(28)22-11-15-3-4-19-16(9-15)5-8-29-19/h3-4,9-10,14H,5-8,11-13H2,1-2H3,(H2,22,23,28). The lowest BCUT2D eigenvalue weighted by Gasteiger charge is -2.29. The van der Waals surface area contributed by atoms with E-state index in [0.717, 1.165) is 35.7 Å².